The molecule has 0 aromatic rings. The Morgan fingerprint density at radius 3 is 2.33 bits per heavy atom. The number of hydrogen-bond donors (Lipinski definition) is 2. The van der Waals surface area contributed by atoms with Gasteiger partial charge in [-0.2, -0.15) is 0 Å². The highest BCUT2D eigenvalue weighted by atomic mass is 16.6. The van der Waals surface area contributed by atoms with Crippen molar-refractivity contribution < 1.29 is 19.9 Å². The molecule has 0 atom stereocenters. The van der Waals surface area contributed by atoms with E-state index in [1.54, 1.807) is 6.08 Å². The number of aliphatic hydroxyl groups excluding tert-OH is 2. The van der Waals surface area contributed by atoms with E-state index in [-0.39, 0.29) is 5.76 Å². The first-order chi connectivity index (χ1) is 10.1. The summed E-state index contributed by atoms with van der Waals surface area (Å²) in [4.78, 5) is 9.69. The molecule has 0 bridgehead atoms. The van der Waals surface area contributed by atoms with Gasteiger partial charge in [0.15, 0.2) is 11.5 Å². The maximum absolute atomic E-state index is 10.2. The highest BCUT2D eigenvalue weighted by molar-refractivity contribution is 5.18. The summed E-state index contributed by atoms with van der Waals surface area (Å²) in [7, 11) is 1.00. The zero-order valence-corrected chi connectivity index (χ0v) is 13.5. The van der Waals surface area contributed by atoms with Gasteiger partial charge in [0, 0.05) is 18.1 Å². The van der Waals surface area contributed by atoms with Crippen LogP contribution in [0.25, 0.3) is 0 Å². The van der Waals surface area contributed by atoms with Gasteiger partial charge in [-0.25, -0.2) is 0 Å². The lowest BCUT2D eigenvalue weighted by atomic mass is 10.3. The van der Waals surface area contributed by atoms with Crippen molar-refractivity contribution in [1.29, 1.82) is 0 Å². The fraction of sp³-hybridized carbons (Fsp3) is 0.733. The Labute approximate surface area is 127 Å². The number of rotatable bonds is 8. The van der Waals surface area contributed by atoms with Gasteiger partial charge in [-0.15, -0.1) is 0 Å². The minimum atomic E-state index is -0.496. The molecule has 0 aromatic carbocycles. The number of aliphatic hydroxyl groups is 2. The van der Waals surface area contributed by atoms with Crippen LogP contribution in [-0.2, 0) is 4.74 Å². The van der Waals surface area contributed by atoms with Crippen LogP contribution in [0.3, 0.4) is 0 Å². The normalized spacial score (nSPS) is 14.3. The fourth-order valence-corrected chi connectivity index (χ4v) is 1.43. The second-order valence-electron chi connectivity index (χ2n) is 4.16. The third kappa shape index (κ3) is 13.2. The van der Waals surface area contributed by atoms with Gasteiger partial charge < -0.3 is 14.9 Å². The SMILES string of the molecule is CC.CC/C=C(OCCC1CC1)\C(O)=C/C[N+](=O)[O-].CO. The quantitative estimate of drug-likeness (QED) is 0.310. The zero-order chi connectivity index (χ0) is 16.7. The topological polar surface area (TPSA) is 92.8 Å². The lowest BCUT2D eigenvalue weighted by molar-refractivity contribution is -0.468. The minimum absolute atomic E-state index is 0.139. The van der Waals surface area contributed by atoms with Crippen LogP contribution in [0.1, 0.15) is 46.5 Å². The highest BCUT2D eigenvalue weighted by Gasteiger charge is 2.21. The van der Waals surface area contributed by atoms with Gasteiger partial charge in [-0.05, 0) is 24.8 Å². The van der Waals surface area contributed by atoms with Gasteiger partial charge in [0.05, 0.1) is 6.61 Å². The second kappa shape index (κ2) is 14.8. The maximum Gasteiger partial charge on any atom is 0.226 e. The van der Waals surface area contributed by atoms with Crippen LogP contribution in [-0.4, -0.2) is 35.4 Å². The van der Waals surface area contributed by atoms with Crippen molar-refractivity contribution in [3.63, 3.8) is 0 Å². The summed E-state index contributed by atoms with van der Waals surface area (Å²) < 4.78 is 5.45. The lowest BCUT2D eigenvalue weighted by Gasteiger charge is -2.09. The number of hydrogen-bond acceptors (Lipinski definition) is 5. The third-order valence-corrected chi connectivity index (χ3v) is 2.56. The van der Waals surface area contributed by atoms with Crippen molar-refractivity contribution in [1.82, 2.24) is 0 Å². The molecule has 0 aliphatic heterocycles. The van der Waals surface area contributed by atoms with E-state index in [0.717, 1.165) is 25.9 Å². The standard InChI is InChI=1S/C12H19NO4.C2H6.CH4O/c1-2-3-12(11(14)6-8-13(15)16)17-9-7-10-4-5-10;2*1-2/h3,6,10,14H,2,4-5,7-9H2,1H3;1-2H3;2H,1H3/b11-6+,12-3+;;. The average molecular weight is 303 g/mol. The number of nitrogens with zero attached hydrogens (tertiary/aromatic N) is 1. The molecule has 0 saturated heterocycles. The van der Waals surface area contributed by atoms with Crippen LogP contribution >= 0.6 is 0 Å². The Bertz CT molecular complexity index is 322. The molecule has 0 amide bonds. The van der Waals surface area contributed by atoms with Crippen molar-refractivity contribution in [3.8, 4) is 0 Å². The highest BCUT2D eigenvalue weighted by Crippen LogP contribution is 2.32. The van der Waals surface area contributed by atoms with Crippen LogP contribution in [0.15, 0.2) is 23.7 Å². The molecule has 6 nitrogen and oxygen atoms in total. The van der Waals surface area contributed by atoms with E-state index in [1.165, 1.54) is 18.9 Å². The van der Waals surface area contributed by atoms with Crippen LogP contribution in [0.4, 0.5) is 0 Å². The first-order valence-corrected chi connectivity index (χ1v) is 7.42. The molecular weight excluding hydrogens is 274 g/mol. The Morgan fingerprint density at radius 1 is 1.33 bits per heavy atom. The van der Waals surface area contributed by atoms with Gasteiger partial charge in [0.2, 0.25) is 6.54 Å². The molecule has 0 spiro atoms. The Morgan fingerprint density at radius 2 is 1.90 bits per heavy atom. The molecule has 0 unspecified atom stereocenters. The van der Waals surface area contributed by atoms with Gasteiger partial charge >= 0.3 is 0 Å². The molecule has 1 rings (SSSR count). The Hall–Kier alpha value is -1.56. The summed E-state index contributed by atoms with van der Waals surface area (Å²) in [5.74, 6) is 0.983. The van der Waals surface area contributed by atoms with E-state index in [1.807, 2.05) is 20.8 Å². The predicted molar refractivity (Wildman–Crippen MR) is 83.7 cm³/mol. The Kier molecular flexibility index (Phi) is 15.4. The molecule has 0 heterocycles. The molecule has 1 saturated carbocycles. The summed E-state index contributed by atoms with van der Waals surface area (Å²) in [6.45, 7) is 6.09. The number of allylic oxidation sites excluding steroid dienone is 1. The first-order valence-electron chi connectivity index (χ1n) is 7.42. The summed E-state index contributed by atoms with van der Waals surface area (Å²) in [5, 5.41) is 26.8. The molecule has 124 valence electrons. The molecule has 0 aromatic heterocycles. The van der Waals surface area contributed by atoms with E-state index in [0.29, 0.717) is 12.4 Å². The third-order valence-electron chi connectivity index (χ3n) is 2.56. The van der Waals surface area contributed by atoms with Gasteiger partial charge in [-0.1, -0.05) is 33.6 Å². The second-order valence-corrected chi connectivity index (χ2v) is 4.16. The van der Waals surface area contributed by atoms with Crippen LogP contribution < -0.4 is 0 Å². The van der Waals surface area contributed by atoms with E-state index < -0.39 is 11.5 Å². The number of ether oxygens (including phenoxy) is 1. The molecular formula is C15H29NO5. The molecule has 6 heteroatoms. The van der Waals surface area contributed by atoms with E-state index >= 15 is 0 Å². The van der Waals surface area contributed by atoms with E-state index in [4.69, 9.17) is 9.84 Å². The monoisotopic (exact) mass is 303 g/mol. The van der Waals surface area contributed by atoms with Crippen molar-refractivity contribution in [2.24, 2.45) is 5.92 Å². The van der Waals surface area contributed by atoms with Crippen molar-refractivity contribution in [2.75, 3.05) is 20.3 Å². The van der Waals surface area contributed by atoms with E-state index in [9.17, 15) is 15.2 Å². The summed E-state index contributed by atoms with van der Waals surface area (Å²) in [6.07, 6.45) is 7.13. The fourth-order valence-electron chi connectivity index (χ4n) is 1.43. The summed E-state index contributed by atoms with van der Waals surface area (Å²) in [6, 6.07) is 0. The van der Waals surface area contributed by atoms with E-state index in [2.05, 4.69) is 0 Å². The molecule has 1 aliphatic rings. The molecule has 2 N–H and O–H groups in total. The largest absolute Gasteiger partial charge is 0.504 e. The molecule has 21 heavy (non-hydrogen) atoms. The average Bonchev–Trinajstić information content (AvgIpc) is 3.32. The minimum Gasteiger partial charge on any atom is -0.504 e. The molecule has 1 aliphatic carbocycles. The smallest absolute Gasteiger partial charge is 0.226 e. The molecule has 1 fully saturated rings. The Balaban J connectivity index is 0. The van der Waals surface area contributed by atoms with Gasteiger partial charge in [0.25, 0.3) is 0 Å². The molecule has 0 radical (unpaired) electrons. The van der Waals surface area contributed by atoms with Gasteiger partial charge in [0.1, 0.15) is 0 Å². The first kappa shape index (κ1) is 21.7. The lowest BCUT2D eigenvalue weighted by Crippen LogP contribution is -2.03. The van der Waals surface area contributed by atoms with Crippen molar-refractivity contribution >= 4 is 0 Å². The van der Waals surface area contributed by atoms with Crippen LogP contribution in [0, 0.1) is 16.0 Å². The predicted octanol–water partition coefficient (Wildman–Crippen LogP) is 3.45. The zero-order valence-electron chi connectivity index (χ0n) is 13.5. The van der Waals surface area contributed by atoms with Crippen molar-refractivity contribution in [2.45, 2.75) is 46.5 Å². The van der Waals surface area contributed by atoms with Crippen LogP contribution in [0.5, 0.6) is 0 Å². The van der Waals surface area contributed by atoms with Crippen molar-refractivity contribution in [3.05, 3.63) is 33.8 Å². The number of nitro groups is 1. The van der Waals surface area contributed by atoms with Gasteiger partial charge in [-0.3, -0.25) is 10.1 Å². The maximum atomic E-state index is 10.2. The summed E-state index contributed by atoms with van der Waals surface area (Å²) in [5.41, 5.74) is 0. The van der Waals surface area contributed by atoms with Crippen LogP contribution in [0.2, 0.25) is 0 Å². The summed E-state index contributed by atoms with van der Waals surface area (Å²) >= 11 is 0.